The third kappa shape index (κ3) is 5.07. The van der Waals surface area contributed by atoms with Crippen LogP contribution >= 0.6 is 0 Å². The predicted molar refractivity (Wildman–Crippen MR) is 130 cm³/mol. The van der Waals surface area contributed by atoms with Crippen LogP contribution in [0.4, 0.5) is 17.5 Å². The molecule has 1 aliphatic rings. The standard InChI is InChI=1S/C23H19N5O.C2H4O2/c1-29-19-5-4-14-8-16(3-2-15(14)10-19)20-11-18(9-17-12-25-13-21(17)20)27-22-6-7-26-23(24)28-22;1-2(3)4/h2-12H,13H2,1H3,(H3,24,26,27,28);1H3,(H,3,4). The Bertz CT molecular complexity index is 1360. The Morgan fingerprint density at radius 1 is 1.09 bits per heavy atom. The molecule has 166 valence electrons. The van der Waals surface area contributed by atoms with Gasteiger partial charge in [-0.2, -0.15) is 4.98 Å². The van der Waals surface area contributed by atoms with Crippen LogP contribution in [0, 0.1) is 0 Å². The number of methoxy groups -OCH3 is 1. The molecule has 2 heterocycles. The van der Waals surface area contributed by atoms with Crippen molar-refractivity contribution in [2.75, 3.05) is 18.2 Å². The number of nitrogens with one attached hydrogen (secondary N) is 1. The third-order valence-electron chi connectivity index (χ3n) is 5.07. The van der Waals surface area contributed by atoms with Crippen molar-refractivity contribution in [2.45, 2.75) is 13.5 Å². The van der Waals surface area contributed by atoms with Gasteiger partial charge in [0.25, 0.3) is 5.97 Å². The first-order valence-corrected chi connectivity index (χ1v) is 10.2. The molecule has 0 saturated carbocycles. The van der Waals surface area contributed by atoms with E-state index in [1.165, 1.54) is 5.56 Å². The van der Waals surface area contributed by atoms with Crippen LogP contribution in [0.1, 0.15) is 18.1 Å². The minimum atomic E-state index is -0.833. The molecule has 1 aromatic heterocycles. The zero-order chi connectivity index (χ0) is 23.4. The van der Waals surface area contributed by atoms with Gasteiger partial charge in [-0.3, -0.25) is 9.79 Å². The Morgan fingerprint density at radius 3 is 2.61 bits per heavy atom. The van der Waals surface area contributed by atoms with Crippen LogP contribution in [0.3, 0.4) is 0 Å². The average Bonchev–Trinajstić information content (AvgIpc) is 3.26. The molecular weight excluding hydrogens is 418 g/mol. The van der Waals surface area contributed by atoms with Crippen LogP contribution in [0.25, 0.3) is 21.9 Å². The maximum atomic E-state index is 9.00. The minimum absolute atomic E-state index is 0.239. The molecule has 0 bridgehead atoms. The van der Waals surface area contributed by atoms with E-state index < -0.39 is 5.97 Å². The first kappa shape index (κ1) is 21.8. The summed E-state index contributed by atoms with van der Waals surface area (Å²) in [6, 6.07) is 18.6. The molecule has 0 radical (unpaired) electrons. The van der Waals surface area contributed by atoms with Gasteiger partial charge in [0.15, 0.2) is 0 Å². The van der Waals surface area contributed by atoms with Crippen molar-refractivity contribution in [1.29, 1.82) is 0 Å². The maximum absolute atomic E-state index is 9.00. The lowest BCUT2D eigenvalue weighted by atomic mass is 9.94. The van der Waals surface area contributed by atoms with Crippen molar-refractivity contribution in [3.05, 3.63) is 71.9 Å². The van der Waals surface area contributed by atoms with E-state index in [-0.39, 0.29) is 5.95 Å². The number of hydrogen-bond donors (Lipinski definition) is 3. The largest absolute Gasteiger partial charge is 0.497 e. The van der Waals surface area contributed by atoms with E-state index in [0.717, 1.165) is 45.8 Å². The van der Waals surface area contributed by atoms with E-state index in [2.05, 4.69) is 56.7 Å². The van der Waals surface area contributed by atoms with Crippen molar-refractivity contribution in [2.24, 2.45) is 4.99 Å². The van der Waals surface area contributed by atoms with Crippen LogP contribution in [-0.2, 0) is 11.3 Å². The van der Waals surface area contributed by atoms with E-state index in [0.29, 0.717) is 12.4 Å². The summed E-state index contributed by atoms with van der Waals surface area (Å²) in [6.45, 7) is 1.77. The van der Waals surface area contributed by atoms with Gasteiger partial charge in [-0.1, -0.05) is 18.2 Å². The van der Waals surface area contributed by atoms with E-state index in [9.17, 15) is 0 Å². The summed E-state index contributed by atoms with van der Waals surface area (Å²) >= 11 is 0. The number of hydrogen-bond acceptors (Lipinski definition) is 7. The number of benzene rings is 3. The molecule has 8 nitrogen and oxygen atoms in total. The van der Waals surface area contributed by atoms with Gasteiger partial charge in [0.05, 0.1) is 13.7 Å². The average molecular weight is 441 g/mol. The van der Waals surface area contributed by atoms with Crippen LogP contribution < -0.4 is 15.8 Å². The van der Waals surface area contributed by atoms with Crippen molar-refractivity contribution < 1.29 is 14.6 Å². The molecule has 5 rings (SSSR count). The monoisotopic (exact) mass is 441 g/mol. The van der Waals surface area contributed by atoms with Gasteiger partial charge < -0.3 is 20.9 Å². The van der Waals surface area contributed by atoms with E-state index in [1.807, 2.05) is 18.3 Å². The van der Waals surface area contributed by atoms with Crippen LogP contribution in [0.5, 0.6) is 5.75 Å². The summed E-state index contributed by atoms with van der Waals surface area (Å²) < 4.78 is 5.33. The second-order valence-electron chi connectivity index (χ2n) is 7.43. The summed E-state index contributed by atoms with van der Waals surface area (Å²) in [4.78, 5) is 21.6. The summed E-state index contributed by atoms with van der Waals surface area (Å²) in [5.41, 5.74) is 11.3. The minimum Gasteiger partial charge on any atom is -0.497 e. The number of nitrogens with two attached hydrogens (primary N) is 1. The van der Waals surface area contributed by atoms with E-state index in [4.69, 9.17) is 20.4 Å². The molecule has 0 amide bonds. The van der Waals surface area contributed by atoms with Crippen LogP contribution in [0.2, 0.25) is 0 Å². The van der Waals surface area contributed by atoms with Gasteiger partial charge in [-0.05, 0) is 63.9 Å². The van der Waals surface area contributed by atoms with Crippen molar-refractivity contribution in [1.82, 2.24) is 9.97 Å². The van der Waals surface area contributed by atoms with Gasteiger partial charge >= 0.3 is 0 Å². The van der Waals surface area contributed by atoms with Crippen LogP contribution in [0.15, 0.2) is 65.8 Å². The normalized spacial score (nSPS) is 11.5. The number of aromatic nitrogens is 2. The third-order valence-corrected chi connectivity index (χ3v) is 5.07. The molecule has 4 N–H and O–H groups in total. The smallest absolute Gasteiger partial charge is 0.300 e. The van der Waals surface area contributed by atoms with Gasteiger partial charge in [0.2, 0.25) is 5.95 Å². The fourth-order valence-corrected chi connectivity index (χ4v) is 3.66. The summed E-state index contributed by atoms with van der Waals surface area (Å²) in [6.07, 6.45) is 3.56. The SMILES string of the molecule is CC(=O)O.COc1ccc2cc(-c3cc(Nc4ccnc(N)n4)cc4c3CN=C4)ccc2c1. The summed E-state index contributed by atoms with van der Waals surface area (Å²) in [5.74, 6) is 0.918. The molecule has 0 spiro atoms. The molecule has 4 aromatic rings. The predicted octanol–water partition coefficient (Wildman–Crippen LogP) is 4.65. The molecule has 0 saturated heterocycles. The Balaban J connectivity index is 0.000000601. The zero-order valence-corrected chi connectivity index (χ0v) is 18.2. The zero-order valence-electron chi connectivity index (χ0n) is 18.2. The number of rotatable bonds is 4. The molecule has 0 unspecified atom stereocenters. The van der Waals surface area contributed by atoms with E-state index in [1.54, 1.807) is 19.4 Å². The van der Waals surface area contributed by atoms with Crippen molar-refractivity contribution in [3.63, 3.8) is 0 Å². The molecule has 0 fully saturated rings. The maximum Gasteiger partial charge on any atom is 0.300 e. The Kier molecular flexibility index (Phi) is 6.17. The highest BCUT2D eigenvalue weighted by Crippen LogP contribution is 2.35. The quantitative estimate of drug-likeness (QED) is 0.421. The lowest BCUT2D eigenvalue weighted by molar-refractivity contribution is -0.134. The van der Waals surface area contributed by atoms with Crippen molar-refractivity contribution >= 4 is 40.4 Å². The fourth-order valence-electron chi connectivity index (χ4n) is 3.66. The highest BCUT2D eigenvalue weighted by atomic mass is 16.5. The Labute approximate surface area is 190 Å². The molecule has 8 heteroatoms. The number of anilines is 3. The fraction of sp³-hybridized carbons (Fsp3) is 0.120. The lowest BCUT2D eigenvalue weighted by Gasteiger charge is -2.14. The highest BCUT2D eigenvalue weighted by Gasteiger charge is 2.15. The number of aliphatic imine (C=N–C) groups is 1. The lowest BCUT2D eigenvalue weighted by Crippen LogP contribution is -2.00. The molecule has 33 heavy (non-hydrogen) atoms. The van der Waals surface area contributed by atoms with Gasteiger partial charge in [-0.25, -0.2) is 4.98 Å². The number of carboxylic acids is 1. The topological polar surface area (TPSA) is 123 Å². The second kappa shape index (κ2) is 9.35. The molecule has 1 aliphatic heterocycles. The number of nitrogens with zero attached hydrogens (tertiary/aromatic N) is 3. The Hall–Kier alpha value is -4.46. The number of carboxylic acid groups (broad SMARTS) is 1. The Morgan fingerprint density at radius 2 is 1.85 bits per heavy atom. The molecular formula is C25H23N5O3. The summed E-state index contributed by atoms with van der Waals surface area (Å²) in [5, 5.41) is 13.1. The van der Waals surface area contributed by atoms with E-state index >= 15 is 0 Å². The first-order chi connectivity index (χ1) is 15.9. The molecule has 3 aromatic carbocycles. The van der Waals surface area contributed by atoms with Gasteiger partial charge in [0.1, 0.15) is 11.6 Å². The van der Waals surface area contributed by atoms with Crippen molar-refractivity contribution in [3.8, 4) is 16.9 Å². The second-order valence-corrected chi connectivity index (χ2v) is 7.43. The number of ether oxygens (including phenoxy) is 1. The number of aliphatic carboxylic acids is 1. The molecule has 0 atom stereocenters. The number of fused-ring (bicyclic) bond motifs is 2. The van der Waals surface area contributed by atoms with Gasteiger partial charge in [0, 0.05) is 30.6 Å². The van der Waals surface area contributed by atoms with Crippen LogP contribution in [-0.4, -0.2) is 34.4 Å². The number of carbonyl (C=O) groups is 1. The first-order valence-electron chi connectivity index (χ1n) is 10.2. The number of nitrogen functional groups attached to an aromatic ring is 1. The summed E-state index contributed by atoms with van der Waals surface area (Å²) in [7, 11) is 1.68. The highest BCUT2D eigenvalue weighted by molar-refractivity contribution is 5.94. The van der Waals surface area contributed by atoms with Gasteiger partial charge in [-0.15, -0.1) is 0 Å². The molecule has 0 aliphatic carbocycles.